The molecule has 2 aromatic rings. The third-order valence-corrected chi connectivity index (χ3v) is 2.51. The third kappa shape index (κ3) is 2.75. The van der Waals surface area contributed by atoms with Crippen LogP contribution in [0.2, 0.25) is 5.15 Å². The molecule has 0 unspecified atom stereocenters. The lowest BCUT2D eigenvalue weighted by molar-refractivity contribution is 0.102. The maximum atomic E-state index is 12.0. The summed E-state index contributed by atoms with van der Waals surface area (Å²) in [5.41, 5.74) is 7.22. The van der Waals surface area contributed by atoms with E-state index in [0.29, 0.717) is 5.82 Å². The van der Waals surface area contributed by atoms with Gasteiger partial charge < -0.3 is 11.1 Å². The van der Waals surface area contributed by atoms with Crippen molar-refractivity contribution in [1.82, 2.24) is 9.97 Å². The number of carbonyl (C=O) groups excluding carboxylic acids is 1. The standard InChI is InChI=1S/C12H11ClN4O/c1-7-2-3-15-11(4-7)17-12(18)8-5-10(13)16-6-9(8)14/h2-6H,14H2,1H3,(H,15,17,18). The molecule has 0 aromatic carbocycles. The molecule has 2 aromatic heterocycles. The van der Waals surface area contributed by atoms with E-state index in [1.54, 1.807) is 12.3 Å². The van der Waals surface area contributed by atoms with Gasteiger partial charge in [0.1, 0.15) is 11.0 Å². The molecule has 18 heavy (non-hydrogen) atoms. The zero-order valence-corrected chi connectivity index (χ0v) is 10.4. The maximum absolute atomic E-state index is 12.0. The molecule has 2 heterocycles. The fourth-order valence-corrected chi connectivity index (χ4v) is 1.58. The number of aromatic nitrogens is 2. The number of hydrogen-bond donors (Lipinski definition) is 2. The van der Waals surface area contributed by atoms with E-state index in [0.717, 1.165) is 5.56 Å². The van der Waals surface area contributed by atoms with Crippen LogP contribution in [-0.2, 0) is 0 Å². The summed E-state index contributed by atoms with van der Waals surface area (Å²) >= 11 is 5.73. The number of carbonyl (C=O) groups is 1. The number of amides is 1. The first kappa shape index (κ1) is 12.3. The van der Waals surface area contributed by atoms with E-state index < -0.39 is 0 Å². The van der Waals surface area contributed by atoms with Crippen LogP contribution in [0.4, 0.5) is 11.5 Å². The number of pyridine rings is 2. The molecule has 5 nitrogen and oxygen atoms in total. The van der Waals surface area contributed by atoms with Crippen molar-refractivity contribution < 1.29 is 4.79 Å². The quantitative estimate of drug-likeness (QED) is 0.814. The summed E-state index contributed by atoms with van der Waals surface area (Å²) in [6.07, 6.45) is 2.97. The molecule has 0 aliphatic carbocycles. The minimum Gasteiger partial charge on any atom is -0.397 e. The first-order valence-corrected chi connectivity index (χ1v) is 5.59. The monoisotopic (exact) mass is 262 g/mol. The van der Waals surface area contributed by atoms with Gasteiger partial charge in [-0.05, 0) is 30.7 Å². The van der Waals surface area contributed by atoms with Crippen LogP contribution in [0.1, 0.15) is 15.9 Å². The minimum atomic E-state index is -0.366. The molecule has 0 atom stereocenters. The van der Waals surface area contributed by atoms with Crippen molar-refractivity contribution in [2.45, 2.75) is 6.92 Å². The number of aryl methyl sites for hydroxylation is 1. The number of rotatable bonds is 2. The summed E-state index contributed by atoms with van der Waals surface area (Å²) < 4.78 is 0. The lowest BCUT2D eigenvalue weighted by Crippen LogP contribution is -2.15. The van der Waals surface area contributed by atoms with Crippen molar-refractivity contribution in [1.29, 1.82) is 0 Å². The number of anilines is 2. The Kier molecular flexibility index (Phi) is 3.43. The zero-order chi connectivity index (χ0) is 13.1. The van der Waals surface area contributed by atoms with Crippen LogP contribution in [0.15, 0.2) is 30.6 Å². The Bertz CT molecular complexity index is 600. The van der Waals surface area contributed by atoms with Gasteiger partial charge in [0.2, 0.25) is 0 Å². The van der Waals surface area contributed by atoms with Crippen LogP contribution in [0.3, 0.4) is 0 Å². The number of hydrogen-bond acceptors (Lipinski definition) is 4. The Labute approximate surface area is 109 Å². The second-order valence-corrected chi connectivity index (χ2v) is 4.15. The molecule has 92 valence electrons. The summed E-state index contributed by atoms with van der Waals surface area (Å²) in [4.78, 5) is 19.8. The summed E-state index contributed by atoms with van der Waals surface area (Å²) in [5, 5.41) is 2.87. The Morgan fingerprint density at radius 2 is 2.17 bits per heavy atom. The van der Waals surface area contributed by atoms with E-state index in [1.807, 2.05) is 13.0 Å². The van der Waals surface area contributed by atoms with Gasteiger partial charge in [-0.3, -0.25) is 4.79 Å². The minimum absolute atomic E-state index is 0.214. The highest BCUT2D eigenvalue weighted by atomic mass is 35.5. The van der Waals surface area contributed by atoms with Crippen molar-refractivity contribution in [2.24, 2.45) is 0 Å². The second kappa shape index (κ2) is 5.01. The van der Waals surface area contributed by atoms with Crippen molar-refractivity contribution >= 4 is 29.0 Å². The molecular formula is C12H11ClN4O. The number of nitrogens with zero attached hydrogens (tertiary/aromatic N) is 2. The number of halogens is 1. The lowest BCUT2D eigenvalue weighted by atomic mass is 10.2. The van der Waals surface area contributed by atoms with Crippen LogP contribution in [0.5, 0.6) is 0 Å². The van der Waals surface area contributed by atoms with Crippen LogP contribution < -0.4 is 11.1 Å². The first-order chi connectivity index (χ1) is 8.56. The van der Waals surface area contributed by atoms with E-state index >= 15 is 0 Å². The molecule has 0 saturated heterocycles. The molecule has 0 spiro atoms. The molecule has 6 heteroatoms. The van der Waals surface area contributed by atoms with Crippen LogP contribution >= 0.6 is 11.6 Å². The molecule has 2 rings (SSSR count). The Balaban J connectivity index is 2.24. The molecule has 3 N–H and O–H groups in total. The van der Waals surface area contributed by atoms with E-state index in [1.165, 1.54) is 12.3 Å². The van der Waals surface area contributed by atoms with Crippen LogP contribution in [0, 0.1) is 6.92 Å². The van der Waals surface area contributed by atoms with Crippen molar-refractivity contribution in [2.75, 3.05) is 11.1 Å². The van der Waals surface area contributed by atoms with E-state index in [9.17, 15) is 4.79 Å². The highest BCUT2D eigenvalue weighted by molar-refractivity contribution is 6.30. The molecule has 0 fully saturated rings. The zero-order valence-electron chi connectivity index (χ0n) is 9.64. The maximum Gasteiger partial charge on any atom is 0.259 e. The average Bonchev–Trinajstić information content (AvgIpc) is 2.32. The first-order valence-electron chi connectivity index (χ1n) is 5.21. The van der Waals surface area contributed by atoms with Crippen molar-refractivity contribution in [3.8, 4) is 0 Å². The molecule has 0 aliphatic rings. The van der Waals surface area contributed by atoms with Crippen LogP contribution in [0.25, 0.3) is 0 Å². The second-order valence-electron chi connectivity index (χ2n) is 3.77. The van der Waals surface area contributed by atoms with Gasteiger partial charge in [0.05, 0.1) is 17.4 Å². The summed E-state index contributed by atoms with van der Waals surface area (Å²) in [6, 6.07) is 5.02. The summed E-state index contributed by atoms with van der Waals surface area (Å²) in [7, 11) is 0. The number of nitrogen functional groups attached to an aromatic ring is 1. The van der Waals surface area contributed by atoms with Crippen molar-refractivity contribution in [3.05, 3.63) is 46.9 Å². The van der Waals surface area contributed by atoms with Gasteiger partial charge in [-0.1, -0.05) is 11.6 Å². The predicted molar refractivity (Wildman–Crippen MR) is 70.6 cm³/mol. The number of nitrogens with one attached hydrogen (secondary N) is 1. The Morgan fingerprint density at radius 1 is 1.39 bits per heavy atom. The lowest BCUT2D eigenvalue weighted by Gasteiger charge is -2.07. The summed E-state index contributed by atoms with van der Waals surface area (Å²) in [5.74, 6) is 0.0993. The largest absolute Gasteiger partial charge is 0.397 e. The smallest absolute Gasteiger partial charge is 0.259 e. The van der Waals surface area contributed by atoms with Crippen LogP contribution in [-0.4, -0.2) is 15.9 Å². The Hall–Kier alpha value is -2.14. The normalized spacial score (nSPS) is 10.1. The van der Waals surface area contributed by atoms with E-state index in [2.05, 4.69) is 15.3 Å². The van der Waals surface area contributed by atoms with E-state index in [4.69, 9.17) is 17.3 Å². The molecule has 0 bridgehead atoms. The molecule has 0 saturated carbocycles. The fraction of sp³-hybridized carbons (Fsp3) is 0.0833. The van der Waals surface area contributed by atoms with Gasteiger partial charge in [-0.15, -0.1) is 0 Å². The predicted octanol–water partition coefficient (Wildman–Crippen LogP) is 2.27. The van der Waals surface area contributed by atoms with Gasteiger partial charge in [0.15, 0.2) is 0 Å². The van der Waals surface area contributed by atoms with Crippen molar-refractivity contribution in [3.63, 3.8) is 0 Å². The Morgan fingerprint density at radius 3 is 2.89 bits per heavy atom. The van der Waals surface area contributed by atoms with Gasteiger partial charge in [-0.25, -0.2) is 9.97 Å². The van der Waals surface area contributed by atoms with Gasteiger partial charge >= 0.3 is 0 Å². The highest BCUT2D eigenvalue weighted by Crippen LogP contribution is 2.16. The molecule has 0 aliphatic heterocycles. The SMILES string of the molecule is Cc1ccnc(NC(=O)c2cc(Cl)ncc2N)c1. The topological polar surface area (TPSA) is 80.9 Å². The van der Waals surface area contributed by atoms with Gasteiger partial charge in [-0.2, -0.15) is 0 Å². The molecular weight excluding hydrogens is 252 g/mol. The number of nitrogens with two attached hydrogens (primary N) is 1. The van der Waals surface area contributed by atoms with Gasteiger partial charge in [0, 0.05) is 6.20 Å². The molecule has 1 amide bonds. The van der Waals surface area contributed by atoms with E-state index in [-0.39, 0.29) is 22.3 Å². The third-order valence-electron chi connectivity index (χ3n) is 2.30. The average molecular weight is 263 g/mol. The highest BCUT2D eigenvalue weighted by Gasteiger charge is 2.11. The van der Waals surface area contributed by atoms with Gasteiger partial charge in [0.25, 0.3) is 5.91 Å². The molecule has 0 radical (unpaired) electrons. The summed E-state index contributed by atoms with van der Waals surface area (Å²) in [6.45, 7) is 1.91. The fourth-order valence-electron chi connectivity index (χ4n) is 1.43.